The fourth-order valence-electron chi connectivity index (χ4n) is 2.12. The molecule has 1 heterocycles. The number of benzene rings is 2. The summed E-state index contributed by atoms with van der Waals surface area (Å²) in [5.74, 6) is 0. The summed E-state index contributed by atoms with van der Waals surface area (Å²) in [6, 6.07) is 12.5. The van der Waals surface area contributed by atoms with Crippen LogP contribution in [-0.2, 0) is 0 Å². The van der Waals surface area contributed by atoms with Gasteiger partial charge in [-0.2, -0.15) is 0 Å². The summed E-state index contributed by atoms with van der Waals surface area (Å²) in [5, 5.41) is 0. The minimum atomic E-state index is 0.711. The Morgan fingerprint density at radius 2 is 2.00 bits per heavy atom. The SMILES string of the molecule is Cc1ccc(Br)c(-n2c(=S)[nH]c3cc(I)ccc32)c1. The van der Waals surface area contributed by atoms with E-state index in [1.807, 2.05) is 0 Å². The highest BCUT2D eigenvalue weighted by Gasteiger charge is 2.09. The summed E-state index contributed by atoms with van der Waals surface area (Å²) in [7, 11) is 0. The number of aromatic nitrogens is 2. The van der Waals surface area contributed by atoms with Gasteiger partial charge < -0.3 is 4.98 Å². The Morgan fingerprint density at radius 3 is 2.79 bits per heavy atom. The second kappa shape index (κ2) is 5.03. The molecule has 0 amide bonds. The van der Waals surface area contributed by atoms with Crippen molar-refractivity contribution in [1.29, 1.82) is 0 Å². The van der Waals surface area contributed by atoms with Crippen molar-refractivity contribution in [2.45, 2.75) is 6.92 Å². The summed E-state index contributed by atoms with van der Waals surface area (Å²) in [5.41, 5.74) is 4.43. The summed E-state index contributed by atoms with van der Waals surface area (Å²) < 4.78 is 5.01. The van der Waals surface area contributed by atoms with Gasteiger partial charge in [0.1, 0.15) is 0 Å². The second-order valence-electron chi connectivity index (χ2n) is 4.38. The van der Waals surface area contributed by atoms with Gasteiger partial charge in [-0.05, 0) is 93.6 Å². The molecule has 3 rings (SSSR count). The Morgan fingerprint density at radius 1 is 1.21 bits per heavy atom. The number of rotatable bonds is 1. The zero-order valence-corrected chi connectivity index (χ0v) is 14.6. The molecule has 0 aliphatic rings. The number of nitrogens with one attached hydrogen (secondary N) is 1. The van der Waals surface area contributed by atoms with Crippen molar-refractivity contribution >= 4 is 61.8 Å². The van der Waals surface area contributed by atoms with Crippen molar-refractivity contribution in [2.24, 2.45) is 0 Å². The summed E-state index contributed by atoms with van der Waals surface area (Å²) in [6.07, 6.45) is 0. The number of aryl methyl sites for hydroxylation is 1. The van der Waals surface area contributed by atoms with Crippen LogP contribution in [0.5, 0.6) is 0 Å². The number of nitrogens with zero attached hydrogens (tertiary/aromatic N) is 1. The molecule has 2 nitrogen and oxygen atoms in total. The van der Waals surface area contributed by atoms with E-state index < -0.39 is 0 Å². The molecule has 3 aromatic rings. The summed E-state index contributed by atoms with van der Waals surface area (Å²) >= 11 is 11.4. The van der Waals surface area contributed by atoms with Gasteiger partial charge in [0.25, 0.3) is 0 Å². The topological polar surface area (TPSA) is 20.7 Å². The monoisotopic (exact) mass is 444 g/mol. The highest BCUT2D eigenvalue weighted by atomic mass is 127. The van der Waals surface area contributed by atoms with Crippen molar-refractivity contribution < 1.29 is 0 Å². The van der Waals surface area contributed by atoms with Crippen LogP contribution in [-0.4, -0.2) is 9.55 Å². The lowest BCUT2D eigenvalue weighted by atomic mass is 10.2. The molecule has 0 radical (unpaired) electrons. The van der Waals surface area contributed by atoms with Crippen LogP contribution >= 0.6 is 50.7 Å². The highest BCUT2D eigenvalue weighted by molar-refractivity contribution is 14.1. The van der Waals surface area contributed by atoms with E-state index in [9.17, 15) is 0 Å². The predicted octanol–water partition coefficient (Wildman–Crippen LogP) is 5.36. The molecule has 19 heavy (non-hydrogen) atoms. The van der Waals surface area contributed by atoms with Crippen molar-refractivity contribution in [3.05, 3.63) is 54.8 Å². The number of H-pyrrole nitrogens is 1. The van der Waals surface area contributed by atoms with Gasteiger partial charge in [-0.1, -0.05) is 6.07 Å². The lowest BCUT2D eigenvalue weighted by Crippen LogP contribution is -1.96. The number of fused-ring (bicyclic) bond motifs is 1. The summed E-state index contributed by atoms with van der Waals surface area (Å²) in [4.78, 5) is 3.27. The molecule has 0 saturated carbocycles. The maximum absolute atomic E-state index is 5.47. The molecule has 0 bridgehead atoms. The van der Waals surface area contributed by atoms with E-state index in [-0.39, 0.29) is 0 Å². The molecule has 0 saturated heterocycles. The third kappa shape index (κ3) is 2.39. The first-order valence-electron chi connectivity index (χ1n) is 5.73. The molecule has 96 valence electrons. The lowest BCUT2D eigenvalue weighted by molar-refractivity contribution is 1.05. The molecule has 0 fully saturated rings. The normalized spacial score (nSPS) is 11.1. The van der Waals surface area contributed by atoms with E-state index in [0.717, 1.165) is 21.2 Å². The van der Waals surface area contributed by atoms with Crippen molar-refractivity contribution in [1.82, 2.24) is 9.55 Å². The van der Waals surface area contributed by atoms with Crippen LogP contribution in [0.3, 0.4) is 0 Å². The Hall–Kier alpha value is -0.660. The van der Waals surface area contributed by atoms with Crippen LogP contribution in [0, 0.1) is 15.3 Å². The van der Waals surface area contributed by atoms with E-state index >= 15 is 0 Å². The predicted molar refractivity (Wildman–Crippen MR) is 93.6 cm³/mol. The van der Waals surface area contributed by atoms with Gasteiger partial charge in [0.05, 0.1) is 16.7 Å². The maximum Gasteiger partial charge on any atom is 0.182 e. The van der Waals surface area contributed by atoms with Crippen LogP contribution < -0.4 is 0 Å². The van der Waals surface area contributed by atoms with Gasteiger partial charge >= 0.3 is 0 Å². The maximum atomic E-state index is 5.47. The van der Waals surface area contributed by atoms with E-state index in [0.29, 0.717) is 4.77 Å². The van der Waals surface area contributed by atoms with Gasteiger partial charge in [-0.25, -0.2) is 0 Å². The van der Waals surface area contributed by atoms with Crippen molar-refractivity contribution in [3.8, 4) is 5.69 Å². The minimum absolute atomic E-state index is 0.711. The van der Waals surface area contributed by atoms with Crippen LogP contribution in [0.15, 0.2) is 40.9 Å². The third-order valence-electron chi connectivity index (χ3n) is 2.99. The standard InChI is InChI=1S/C14H10BrIN2S/c1-8-2-4-10(15)13(6-8)18-12-5-3-9(16)7-11(12)17-14(18)19/h2-7H,1H3,(H,17,19). The average molecular weight is 445 g/mol. The average Bonchev–Trinajstić information content (AvgIpc) is 2.67. The number of hydrogen-bond acceptors (Lipinski definition) is 1. The molecule has 5 heteroatoms. The number of halogens is 2. The molecule has 0 unspecified atom stereocenters. The number of hydrogen-bond donors (Lipinski definition) is 1. The van der Waals surface area contributed by atoms with E-state index in [4.69, 9.17) is 12.2 Å². The smallest absolute Gasteiger partial charge is 0.182 e. The molecule has 0 atom stereocenters. The molecule has 0 aliphatic heterocycles. The van der Waals surface area contributed by atoms with Gasteiger partial charge in [-0.3, -0.25) is 4.57 Å². The number of aromatic amines is 1. The molecule has 0 spiro atoms. The van der Waals surface area contributed by atoms with Crippen molar-refractivity contribution in [2.75, 3.05) is 0 Å². The van der Waals surface area contributed by atoms with Gasteiger partial charge in [-0.15, -0.1) is 0 Å². The molecule has 2 aromatic carbocycles. The Labute approximate surface area is 138 Å². The Balaban J connectivity index is 2.39. The molecular weight excluding hydrogens is 435 g/mol. The zero-order valence-electron chi connectivity index (χ0n) is 10.1. The van der Waals surface area contributed by atoms with Gasteiger partial charge in [0.15, 0.2) is 4.77 Å². The van der Waals surface area contributed by atoms with Crippen LogP contribution in [0.2, 0.25) is 0 Å². The van der Waals surface area contributed by atoms with Crippen LogP contribution in [0.1, 0.15) is 5.56 Å². The van der Waals surface area contributed by atoms with Gasteiger partial charge in [0.2, 0.25) is 0 Å². The highest BCUT2D eigenvalue weighted by Crippen LogP contribution is 2.27. The lowest BCUT2D eigenvalue weighted by Gasteiger charge is -2.08. The molecular formula is C14H10BrIN2S. The first kappa shape index (κ1) is 13.3. The number of imidazole rings is 1. The fraction of sp³-hybridized carbons (Fsp3) is 0.0714. The quantitative estimate of drug-likeness (QED) is 0.395. The Kier molecular flexibility index (Phi) is 3.53. The third-order valence-corrected chi connectivity index (χ3v) is 4.61. The van der Waals surface area contributed by atoms with E-state index in [1.54, 1.807) is 0 Å². The fourth-order valence-corrected chi connectivity index (χ4v) is 3.34. The molecule has 0 aliphatic carbocycles. The first-order chi connectivity index (χ1) is 9.06. The Bertz CT molecular complexity index is 835. The first-order valence-corrected chi connectivity index (χ1v) is 8.01. The van der Waals surface area contributed by atoms with Crippen molar-refractivity contribution in [3.63, 3.8) is 0 Å². The van der Waals surface area contributed by atoms with E-state index in [1.165, 1.54) is 9.13 Å². The zero-order chi connectivity index (χ0) is 13.6. The van der Waals surface area contributed by atoms with E-state index in [2.05, 4.69) is 91.4 Å². The van der Waals surface area contributed by atoms with Gasteiger partial charge in [0, 0.05) is 8.04 Å². The van der Waals surface area contributed by atoms with Crippen LogP contribution in [0.25, 0.3) is 16.7 Å². The largest absolute Gasteiger partial charge is 0.330 e. The van der Waals surface area contributed by atoms with Crippen LogP contribution in [0.4, 0.5) is 0 Å². The second-order valence-corrected chi connectivity index (χ2v) is 6.87. The molecule has 1 aromatic heterocycles. The molecule has 1 N–H and O–H groups in total. The summed E-state index contributed by atoms with van der Waals surface area (Å²) in [6.45, 7) is 2.08. The minimum Gasteiger partial charge on any atom is -0.330 e.